The molecule has 0 aromatic heterocycles. The van der Waals surface area contributed by atoms with Gasteiger partial charge in [0.1, 0.15) is 0 Å². The van der Waals surface area contributed by atoms with Gasteiger partial charge in [-0.2, -0.15) is 0 Å². The van der Waals surface area contributed by atoms with Crippen LogP contribution in [0.3, 0.4) is 0 Å². The summed E-state index contributed by atoms with van der Waals surface area (Å²) in [7, 11) is 0. The van der Waals surface area contributed by atoms with Crippen molar-refractivity contribution in [1.29, 1.82) is 0 Å². The largest absolute Gasteiger partial charge is 0.304 e. The normalized spacial score (nSPS) is 27.6. The van der Waals surface area contributed by atoms with E-state index in [0.29, 0.717) is 0 Å². The lowest BCUT2D eigenvalue weighted by Gasteiger charge is -2.61. The first-order chi connectivity index (χ1) is 9.73. The van der Waals surface area contributed by atoms with Crippen LogP contribution in [0.2, 0.25) is 0 Å². The van der Waals surface area contributed by atoms with Crippen LogP contribution in [-0.2, 0) is 0 Å². The highest BCUT2D eigenvalue weighted by atomic mass is 15.3. The SMILES string of the molecule is CC.CCN1CCC(CN2CC3(CN(CC)C3)C2)CC1. The van der Waals surface area contributed by atoms with Gasteiger partial charge < -0.3 is 14.7 Å². The van der Waals surface area contributed by atoms with E-state index in [-0.39, 0.29) is 0 Å². The van der Waals surface area contributed by atoms with Crippen molar-refractivity contribution in [3.63, 3.8) is 0 Å². The van der Waals surface area contributed by atoms with E-state index in [4.69, 9.17) is 0 Å². The number of rotatable bonds is 4. The van der Waals surface area contributed by atoms with E-state index in [2.05, 4.69) is 28.5 Å². The van der Waals surface area contributed by atoms with Crippen molar-refractivity contribution >= 4 is 0 Å². The number of likely N-dealkylation sites (tertiary alicyclic amines) is 3. The third kappa shape index (κ3) is 3.55. The topological polar surface area (TPSA) is 9.72 Å². The molecular weight excluding hydrogens is 246 g/mol. The molecule has 0 N–H and O–H groups in total. The monoisotopic (exact) mass is 281 g/mol. The van der Waals surface area contributed by atoms with E-state index in [1.54, 1.807) is 0 Å². The Morgan fingerprint density at radius 1 is 0.800 bits per heavy atom. The van der Waals surface area contributed by atoms with Crippen molar-refractivity contribution in [2.45, 2.75) is 40.5 Å². The maximum Gasteiger partial charge on any atom is 0.0212 e. The van der Waals surface area contributed by atoms with Crippen molar-refractivity contribution in [3.05, 3.63) is 0 Å². The molecule has 3 nitrogen and oxygen atoms in total. The third-order valence-electron chi connectivity index (χ3n) is 5.35. The summed E-state index contributed by atoms with van der Waals surface area (Å²) < 4.78 is 0. The number of hydrogen-bond acceptors (Lipinski definition) is 3. The van der Waals surface area contributed by atoms with E-state index in [9.17, 15) is 0 Å². The summed E-state index contributed by atoms with van der Waals surface area (Å²) >= 11 is 0. The van der Waals surface area contributed by atoms with E-state index < -0.39 is 0 Å². The predicted octanol–water partition coefficient (Wildman–Crippen LogP) is 2.38. The van der Waals surface area contributed by atoms with Crippen molar-refractivity contribution in [1.82, 2.24) is 14.7 Å². The molecule has 3 aliphatic rings. The van der Waals surface area contributed by atoms with Gasteiger partial charge >= 0.3 is 0 Å². The molecule has 118 valence electrons. The Bertz CT molecular complexity index is 270. The molecule has 0 bridgehead atoms. The van der Waals surface area contributed by atoms with Gasteiger partial charge in [0.15, 0.2) is 0 Å². The van der Waals surface area contributed by atoms with Gasteiger partial charge in [-0.25, -0.2) is 0 Å². The van der Waals surface area contributed by atoms with Crippen molar-refractivity contribution in [2.75, 3.05) is 58.9 Å². The molecule has 0 unspecified atom stereocenters. The second-order valence-corrected chi connectivity index (χ2v) is 6.85. The van der Waals surface area contributed by atoms with E-state index in [1.807, 2.05) is 13.8 Å². The molecule has 0 aromatic carbocycles. The molecule has 0 aromatic rings. The predicted molar refractivity (Wildman–Crippen MR) is 87.2 cm³/mol. The Morgan fingerprint density at radius 3 is 1.80 bits per heavy atom. The number of piperidine rings is 1. The molecular formula is C17H35N3. The minimum absolute atomic E-state index is 0.722. The Labute approximate surface area is 126 Å². The van der Waals surface area contributed by atoms with Gasteiger partial charge in [-0.1, -0.05) is 27.7 Å². The minimum Gasteiger partial charge on any atom is -0.304 e. The summed E-state index contributed by atoms with van der Waals surface area (Å²) in [5.74, 6) is 0.979. The molecule has 3 heterocycles. The van der Waals surface area contributed by atoms with Crippen LogP contribution in [0, 0.1) is 11.3 Å². The molecule has 3 fully saturated rings. The van der Waals surface area contributed by atoms with E-state index >= 15 is 0 Å². The van der Waals surface area contributed by atoms with Gasteiger partial charge in [0.2, 0.25) is 0 Å². The molecule has 1 spiro atoms. The average molecular weight is 281 g/mol. The highest BCUT2D eigenvalue weighted by Gasteiger charge is 2.50. The molecule has 20 heavy (non-hydrogen) atoms. The fourth-order valence-corrected chi connectivity index (χ4v) is 4.21. The fourth-order valence-electron chi connectivity index (χ4n) is 4.21. The summed E-state index contributed by atoms with van der Waals surface area (Å²) in [5, 5.41) is 0. The summed E-state index contributed by atoms with van der Waals surface area (Å²) in [5.41, 5.74) is 0.722. The van der Waals surface area contributed by atoms with Crippen LogP contribution in [0.1, 0.15) is 40.5 Å². The lowest BCUT2D eigenvalue weighted by Crippen LogP contribution is -2.72. The second kappa shape index (κ2) is 7.24. The smallest absolute Gasteiger partial charge is 0.0212 e. The first-order valence-corrected chi connectivity index (χ1v) is 8.90. The first kappa shape index (κ1) is 16.3. The van der Waals surface area contributed by atoms with Crippen molar-refractivity contribution in [2.24, 2.45) is 11.3 Å². The van der Waals surface area contributed by atoms with E-state index in [0.717, 1.165) is 11.3 Å². The zero-order valence-corrected chi connectivity index (χ0v) is 14.2. The van der Waals surface area contributed by atoms with Crippen LogP contribution in [0.15, 0.2) is 0 Å². The minimum atomic E-state index is 0.722. The van der Waals surface area contributed by atoms with E-state index in [1.165, 1.54) is 71.7 Å². The Kier molecular flexibility index (Phi) is 5.88. The summed E-state index contributed by atoms with van der Waals surface area (Å²) in [6.45, 7) is 20.6. The number of hydrogen-bond donors (Lipinski definition) is 0. The van der Waals surface area contributed by atoms with Gasteiger partial charge in [-0.05, 0) is 44.9 Å². The zero-order chi connectivity index (χ0) is 14.6. The Morgan fingerprint density at radius 2 is 1.30 bits per heavy atom. The van der Waals surface area contributed by atoms with Gasteiger partial charge in [0.25, 0.3) is 0 Å². The standard InChI is InChI=1S/C15H29N3.C2H6/c1-3-16-7-5-14(6-8-16)9-18-12-15(13-18)10-17(4-2)11-15;1-2/h14H,3-13H2,1-2H3;1-2H3. The maximum absolute atomic E-state index is 2.72. The van der Waals surface area contributed by atoms with Gasteiger partial charge in [-0.3, -0.25) is 0 Å². The quantitative estimate of drug-likeness (QED) is 0.783. The van der Waals surface area contributed by atoms with Crippen molar-refractivity contribution < 1.29 is 0 Å². The molecule has 0 radical (unpaired) electrons. The van der Waals surface area contributed by atoms with Crippen LogP contribution in [0.4, 0.5) is 0 Å². The van der Waals surface area contributed by atoms with Crippen LogP contribution < -0.4 is 0 Å². The van der Waals surface area contributed by atoms with Gasteiger partial charge in [0, 0.05) is 38.1 Å². The third-order valence-corrected chi connectivity index (χ3v) is 5.35. The maximum atomic E-state index is 2.72. The van der Waals surface area contributed by atoms with Crippen LogP contribution in [0.25, 0.3) is 0 Å². The van der Waals surface area contributed by atoms with Crippen LogP contribution in [-0.4, -0.2) is 73.6 Å². The highest BCUT2D eigenvalue weighted by molar-refractivity contribution is 5.05. The zero-order valence-electron chi connectivity index (χ0n) is 14.2. The lowest BCUT2D eigenvalue weighted by atomic mass is 9.72. The summed E-state index contributed by atoms with van der Waals surface area (Å²) in [6.07, 6.45) is 2.86. The van der Waals surface area contributed by atoms with Gasteiger partial charge in [0.05, 0.1) is 0 Å². The molecule has 3 rings (SSSR count). The molecule has 3 saturated heterocycles. The fraction of sp³-hybridized carbons (Fsp3) is 1.00. The Balaban J connectivity index is 0.000000704. The van der Waals surface area contributed by atoms with Crippen molar-refractivity contribution in [3.8, 4) is 0 Å². The molecule has 0 atom stereocenters. The second-order valence-electron chi connectivity index (χ2n) is 6.85. The summed E-state index contributed by atoms with van der Waals surface area (Å²) in [6, 6.07) is 0. The highest BCUT2D eigenvalue weighted by Crippen LogP contribution is 2.40. The molecule has 0 aliphatic carbocycles. The molecule has 0 amide bonds. The summed E-state index contributed by atoms with van der Waals surface area (Å²) in [4.78, 5) is 7.90. The van der Waals surface area contributed by atoms with Gasteiger partial charge in [-0.15, -0.1) is 0 Å². The van der Waals surface area contributed by atoms with Crippen LogP contribution >= 0.6 is 0 Å². The number of nitrogens with zero attached hydrogens (tertiary/aromatic N) is 3. The molecule has 0 saturated carbocycles. The average Bonchev–Trinajstić information content (AvgIpc) is 2.43. The first-order valence-electron chi connectivity index (χ1n) is 8.90. The lowest BCUT2D eigenvalue weighted by molar-refractivity contribution is -0.118. The molecule has 3 aliphatic heterocycles. The Hall–Kier alpha value is -0.120. The van der Waals surface area contributed by atoms with Crippen LogP contribution in [0.5, 0.6) is 0 Å². The molecule has 3 heteroatoms.